The van der Waals surface area contributed by atoms with Crippen molar-refractivity contribution in [3.63, 3.8) is 0 Å². The van der Waals surface area contributed by atoms with E-state index in [2.05, 4.69) is 16.8 Å². The van der Waals surface area contributed by atoms with E-state index in [9.17, 15) is 9.90 Å². The van der Waals surface area contributed by atoms with Crippen LogP contribution in [0.1, 0.15) is 23.6 Å². The molecule has 4 nitrogen and oxygen atoms in total. The van der Waals surface area contributed by atoms with Gasteiger partial charge in [0.15, 0.2) is 0 Å². The van der Waals surface area contributed by atoms with E-state index in [4.69, 9.17) is 0 Å². The standard InChI is InChI=1S/C19H18N2O2/c1-21-18(23)13-16(14-7-3-2-4-8-14)19(21)17(22)11-10-15-9-5-6-12-20-15/h2-9,12,16-17,19,22H,13H2,1H3/t16-,17+,19-/m1/s1. The lowest BCUT2D eigenvalue weighted by Gasteiger charge is -2.27. The molecule has 1 aromatic heterocycles. The quantitative estimate of drug-likeness (QED) is 0.861. The van der Waals surface area contributed by atoms with Gasteiger partial charge in [0.1, 0.15) is 11.8 Å². The number of carbonyl (C=O) groups excluding carboxylic acids is 1. The highest BCUT2D eigenvalue weighted by Gasteiger charge is 2.41. The van der Waals surface area contributed by atoms with Crippen LogP contribution in [-0.2, 0) is 4.79 Å². The molecule has 1 aliphatic heterocycles. The van der Waals surface area contributed by atoms with Gasteiger partial charge in [-0.2, -0.15) is 0 Å². The maximum absolute atomic E-state index is 12.1. The Hall–Kier alpha value is -2.64. The van der Waals surface area contributed by atoms with E-state index in [-0.39, 0.29) is 17.9 Å². The molecule has 1 aliphatic rings. The molecule has 0 aliphatic carbocycles. The fourth-order valence-corrected chi connectivity index (χ4v) is 3.01. The van der Waals surface area contributed by atoms with Gasteiger partial charge >= 0.3 is 0 Å². The second kappa shape index (κ2) is 6.64. The molecule has 4 heteroatoms. The fourth-order valence-electron chi connectivity index (χ4n) is 3.01. The van der Waals surface area contributed by atoms with Crippen LogP contribution in [0.15, 0.2) is 54.7 Å². The maximum Gasteiger partial charge on any atom is 0.223 e. The van der Waals surface area contributed by atoms with Gasteiger partial charge in [-0.1, -0.05) is 42.3 Å². The average molecular weight is 306 g/mol. The number of likely N-dealkylation sites (N-methyl/N-ethyl adjacent to an activating group) is 1. The summed E-state index contributed by atoms with van der Waals surface area (Å²) >= 11 is 0. The first-order valence-electron chi connectivity index (χ1n) is 7.58. The number of nitrogens with zero attached hydrogens (tertiary/aromatic N) is 2. The molecule has 1 amide bonds. The summed E-state index contributed by atoms with van der Waals surface area (Å²) in [6, 6.07) is 14.9. The lowest BCUT2D eigenvalue weighted by atomic mass is 9.89. The van der Waals surface area contributed by atoms with E-state index < -0.39 is 6.10 Å². The van der Waals surface area contributed by atoms with Gasteiger partial charge in [-0.15, -0.1) is 0 Å². The third kappa shape index (κ3) is 3.25. The Kier molecular flexibility index (Phi) is 4.40. The van der Waals surface area contributed by atoms with Gasteiger partial charge in [0, 0.05) is 25.6 Å². The first-order chi connectivity index (χ1) is 11.2. The smallest absolute Gasteiger partial charge is 0.223 e. The van der Waals surface area contributed by atoms with Crippen LogP contribution in [0.2, 0.25) is 0 Å². The molecule has 3 atom stereocenters. The van der Waals surface area contributed by atoms with Crippen molar-refractivity contribution in [1.29, 1.82) is 0 Å². The van der Waals surface area contributed by atoms with Crippen LogP contribution in [-0.4, -0.2) is 40.1 Å². The zero-order valence-electron chi connectivity index (χ0n) is 12.9. The minimum absolute atomic E-state index is 0.0301. The highest BCUT2D eigenvalue weighted by atomic mass is 16.3. The van der Waals surface area contributed by atoms with Crippen molar-refractivity contribution in [3.05, 3.63) is 66.0 Å². The summed E-state index contributed by atoms with van der Waals surface area (Å²) in [6.07, 6.45) is 1.14. The first kappa shape index (κ1) is 15.3. The van der Waals surface area contributed by atoms with Crippen molar-refractivity contribution < 1.29 is 9.90 Å². The van der Waals surface area contributed by atoms with Gasteiger partial charge in [-0.05, 0) is 23.6 Å². The van der Waals surface area contributed by atoms with Crippen molar-refractivity contribution in [2.75, 3.05) is 7.05 Å². The molecule has 1 fully saturated rings. The summed E-state index contributed by atoms with van der Waals surface area (Å²) in [5, 5.41) is 10.5. The van der Waals surface area contributed by atoms with Crippen LogP contribution in [0.5, 0.6) is 0 Å². The van der Waals surface area contributed by atoms with E-state index >= 15 is 0 Å². The molecule has 1 saturated heterocycles. The SMILES string of the molecule is CN1C(=O)C[C@H](c2ccccc2)[C@@H]1[C@@H](O)C#Cc1ccccn1. The Bertz CT molecular complexity index is 734. The van der Waals surface area contributed by atoms with Crippen molar-refractivity contribution in [2.45, 2.75) is 24.5 Å². The molecule has 23 heavy (non-hydrogen) atoms. The van der Waals surface area contributed by atoms with Crippen LogP contribution in [0, 0.1) is 11.8 Å². The number of rotatable bonds is 2. The number of aliphatic hydroxyl groups is 1. The van der Waals surface area contributed by atoms with Crippen LogP contribution in [0.4, 0.5) is 0 Å². The highest BCUT2D eigenvalue weighted by Crippen LogP contribution is 2.35. The van der Waals surface area contributed by atoms with Crippen LogP contribution in [0.3, 0.4) is 0 Å². The normalized spacial score (nSPS) is 21.7. The molecule has 2 aromatic rings. The monoisotopic (exact) mass is 306 g/mol. The van der Waals surface area contributed by atoms with Crippen LogP contribution < -0.4 is 0 Å². The van der Waals surface area contributed by atoms with Gasteiger partial charge in [0.2, 0.25) is 5.91 Å². The van der Waals surface area contributed by atoms with Crippen molar-refractivity contribution >= 4 is 5.91 Å². The molecular weight excluding hydrogens is 288 g/mol. The summed E-state index contributed by atoms with van der Waals surface area (Å²) < 4.78 is 0. The third-order valence-electron chi connectivity index (χ3n) is 4.21. The zero-order chi connectivity index (χ0) is 16.2. The molecule has 3 rings (SSSR count). The average Bonchev–Trinajstić information content (AvgIpc) is 2.90. The topological polar surface area (TPSA) is 53.4 Å². The molecular formula is C19H18N2O2. The lowest BCUT2D eigenvalue weighted by Crippen LogP contribution is -2.40. The molecule has 1 N–H and O–H groups in total. The van der Waals surface area contributed by atoms with E-state index in [1.165, 1.54) is 0 Å². The van der Waals surface area contributed by atoms with Crippen molar-refractivity contribution in [2.24, 2.45) is 0 Å². The number of benzene rings is 1. The number of carbonyl (C=O) groups is 1. The van der Waals surface area contributed by atoms with Gasteiger partial charge in [-0.3, -0.25) is 4.79 Å². The predicted molar refractivity (Wildman–Crippen MR) is 87.5 cm³/mol. The molecule has 0 saturated carbocycles. The second-order valence-electron chi connectivity index (χ2n) is 5.65. The number of amides is 1. The number of hydrogen-bond acceptors (Lipinski definition) is 3. The molecule has 116 valence electrons. The first-order valence-corrected chi connectivity index (χ1v) is 7.58. The fraction of sp³-hybridized carbons (Fsp3) is 0.263. The van der Waals surface area contributed by atoms with Crippen molar-refractivity contribution in [1.82, 2.24) is 9.88 Å². The predicted octanol–water partition coefficient (Wildman–Crippen LogP) is 1.81. The molecule has 0 unspecified atom stereocenters. The van der Waals surface area contributed by atoms with E-state index in [0.717, 1.165) is 5.56 Å². The number of aliphatic hydroxyl groups excluding tert-OH is 1. The number of aromatic nitrogens is 1. The minimum atomic E-state index is -0.918. The molecule has 0 spiro atoms. The van der Waals surface area contributed by atoms with Gasteiger partial charge in [0.25, 0.3) is 0 Å². The summed E-state index contributed by atoms with van der Waals surface area (Å²) in [4.78, 5) is 17.8. The number of hydrogen-bond donors (Lipinski definition) is 1. The van der Waals surface area contributed by atoms with Crippen LogP contribution >= 0.6 is 0 Å². The van der Waals surface area contributed by atoms with E-state index in [1.807, 2.05) is 42.5 Å². The highest BCUT2D eigenvalue weighted by molar-refractivity contribution is 5.80. The Balaban J connectivity index is 1.86. The summed E-state index contributed by atoms with van der Waals surface area (Å²) in [7, 11) is 1.72. The number of likely N-dealkylation sites (tertiary alicyclic amines) is 1. The largest absolute Gasteiger partial charge is 0.378 e. The van der Waals surface area contributed by atoms with Gasteiger partial charge < -0.3 is 10.0 Å². The van der Waals surface area contributed by atoms with Crippen LogP contribution in [0.25, 0.3) is 0 Å². The minimum Gasteiger partial charge on any atom is -0.378 e. The zero-order valence-corrected chi connectivity index (χ0v) is 12.9. The van der Waals surface area contributed by atoms with Crippen molar-refractivity contribution in [3.8, 4) is 11.8 Å². The molecule has 0 radical (unpaired) electrons. The second-order valence-corrected chi connectivity index (χ2v) is 5.65. The molecule has 1 aromatic carbocycles. The summed E-state index contributed by atoms with van der Waals surface area (Å²) in [5.74, 6) is 5.70. The number of pyridine rings is 1. The van der Waals surface area contributed by atoms with E-state index in [1.54, 1.807) is 24.2 Å². The maximum atomic E-state index is 12.1. The summed E-state index contributed by atoms with van der Waals surface area (Å²) in [6.45, 7) is 0. The van der Waals surface area contributed by atoms with Gasteiger partial charge in [0.05, 0.1) is 6.04 Å². The third-order valence-corrected chi connectivity index (χ3v) is 4.21. The lowest BCUT2D eigenvalue weighted by molar-refractivity contribution is -0.128. The van der Waals surface area contributed by atoms with Gasteiger partial charge in [-0.25, -0.2) is 4.98 Å². The Morgan fingerprint density at radius 2 is 1.96 bits per heavy atom. The molecule has 0 bridgehead atoms. The summed E-state index contributed by atoms with van der Waals surface area (Å²) in [5.41, 5.74) is 1.66. The molecule has 2 heterocycles. The Morgan fingerprint density at radius 3 is 2.65 bits per heavy atom. The Labute approximate surface area is 135 Å². The Morgan fingerprint density at radius 1 is 1.22 bits per heavy atom. The van der Waals surface area contributed by atoms with E-state index in [0.29, 0.717) is 12.1 Å².